The molecule has 7 heteroatoms. The van der Waals surface area contributed by atoms with Gasteiger partial charge >= 0.3 is 17.9 Å². The van der Waals surface area contributed by atoms with E-state index >= 15 is 0 Å². The van der Waals surface area contributed by atoms with Crippen LogP contribution in [0.15, 0.2) is 12.7 Å². The van der Waals surface area contributed by atoms with Gasteiger partial charge in [0.2, 0.25) is 5.79 Å². The Morgan fingerprint density at radius 1 is 1.20 bits per heavy atom. The van der Waals surface area contributed by atoms with E-state index in [4.69, 9.17) is 9.47 Å². The first-order valence-corrected chi connectivity index (χ1v) is 8.45. The van der Waals surface area contributed by atoms with Crippen LogP contribution in [0.25, 0.3) is 0 Å². The maximum Gasteiger partial charge on any atom is 0.346 e. The molecular weight excluding hydrogens is 328 g/mol. The number of esters is 3. The van der Waals surface area contributed by atoms with Crippen LogP contribution in [0.5, 0.6) is 0 Å². The third kappa shape index (κ3) is 3.42. The van der Waals surface area contributed by atoms with Crippen molar-refractivity contribution in [2.75, 3.05) is 13.2 Å². The van der Waals surface area contributed by atoms with Crippen LogP contribution in [-0.4, -0.2) is 42.0 Å². The molecule has 2 rings (SSSR count). The van der Waals surface area contributed by atoms with Gasteiger partial charge in [-0.3, -0.25) is 4.79 Å². The second kappa shape index (κ2) is 6.78. The van der Waals surface area contributed by atoms with E-state index in [2.05, 4.69) is 25.2 Å². The Bertz CT molecular complexity index is 582. The molecule has 0 aliphatic heterocycles. The quantitative estimate of drug-likeness (QED) is 0.322. The number of aliphatic hydroxyl groups is 1. The lowest BCUT2D eigenvalue weighted by Crippen LogP contribution is -2.50. The minimum absolute atomic E-state index is 0.131. The predicted octanol–water partition coefficient (Wildman–Crippen LogP) is 1.73. The SMILES string of the molecule is C=CC(=O)OCCC(=O)OCC(=O)O[C@]1(O)C[C@H]2CC[C@]1(C)C2(C)C. The van der Waals surface area contributed by atoms with Gasteiger partial charge in [-0.15, -0.1) is 0 Å². The van der Waals surface area contributed by atoms with Gasteiger partial charge in [-0.25, -0.2) is 9.59 Å². The lowest BCUT2D eigenvalue weighted by atomic mass is 9.68. The number of fused-ring (bicyclic) bond motifs is 2. The van der Waals surface area contributed by atoms with Crippen LogP contribution in [0.3, 0.4) is 0 Å². The van der Waals surface area contributed by atoms with Crippen molar-refractivity contribution < 1.29 is 33.7 Å². The Hall–Kier alpha value is -1.89. The molecule has 0 aromatic carbocycles. The fourth-order valence-corrected chi connectivity index (χ4v) is 4.09. The van der Waals surface area contributed by atoms with Gasteiger partial charge in [-0.1, -0.05) is 27.4 Å². The summed E-state index contributed by atoms with van der Waals surface area (Å²) in [6.07, 6.45) is 2.99. The molecule has 3 atom stereocenters. The Morgan fingerprint density at radius 3 is 2.40 bits per heavy atom. The van der Waals surface area contributed by atoms with Gasteiger partial charge in [0, 0.05) is 17.9 Å². The lowest BCUT2D eigenvalue weighted by molar-refractivity contribution is -0.262. The summed E-state index contributed by atoms with van der Waals surface area (Å²) in [4.78, 5) is 34.4. The summed E-state index contributed by atoms with van der Waals surface area (Å²) in [6, 6.07) is 0. The summed E-state index contributed by atoms with van der Waals surface area (Å²) >= 11 is 0. The first-order chi connectivity index (χ1) is 11.6. The first kappa shape index (κ1) is 19.4. The van der Waals surface area contributed by atoms with E-state index in [0.29, 0.717) is 6.42 Å². The molecular formula is C18H26O7. The monoisotopic (exact) mass is 354 g/mol. The molecule has 0 unspecified atom stereocenters. The second-order valence-corrected chi connectivity index (χ2v) is 7.53. The van der Waals surface area contributed by atoms with Crippen molar-refractivity contribution >= 4 is 17.9 Å². The highest BCUT2D eigenvalue weighted by Gasteiger charge is 2.70. The smallest absolute Gasteiger partial charge is 0.346 e. The Kier molecular flexibility index (Phi) is 5.27. The van der Waals surface area contributed by atoms with Crippen molar-refractivity contribution in [3.8, 4) is 0 Å². The molecule has 2 bridgehead atoms. The topological polar surface area (TPSA) is 99.1 Å². The summed E-state index contributed by atoms with van der Waals surface area (Å²) in [7, 11) is 0. The van der Waals surface area contributed by atoms with Crippen LogP contribution < -0.4 is 0 Å². The van der Waals surface area contributed by atoms with Gasteiger partial charge in [0.25, 0.3) is 0 Å². The van der Waals surface area contributed by atoms with Crippen LogP contribution in [0.1, 0.15) is 46.5 Å². The number of rotatable bonds is 7. The van der Waals surface area contributed by atoms with Crippen LogP contribution in [0.2, 0.25) is 0 Å². The molecule has 2 fully saturated rings. The molecule has 0 radical (unpaired) electrons. The molecule has 0 aromatic heterocycles. The first-order valence-electron chi connectivity index (χ1n) is 8.45. The number of carbonyl (C=O) groups is 3. The van der Waals surface area contributed by atoms with Crippen molar-refractivity contribution in [2.24, 2.45) is 16.7 Å². The fourth-order valence-electron chi connectivity index (χ4n) is 4.09. The van der Waals surface area contributed by atoms with E-state index in [1.807, 2.05) is 6.92 Å². The number of hydrogen-bond acceptors (Lipinski definition) is 7. The van der Waals surface area contributed by atoms with Crippen LogP contribution >= 0.6 is 0 Å². The minimum atomic E-state index is -1.54. The number of ether oxygens (including phenoxy) is 3. The standard InChI is InChI=1S/C18H26O7/c1-5-13(19)23-9-7-14(20)24-11-15(21)25-18(22)10-12-6-8-17(18,4)16(12,2)3/h5,12,22H,1,6-11H2,2-4H3/t12-,17-,18-/m1/s1. The van der Waals surface area contributed by atoms with Gasteiger partial charge in [-0.05, 0) is 24.2 Å². The molecule has 2 saturated carbocycles. The zero-order valence-corrected chi connectivity index (χ0v) is 15.0. The summed E-state index contributed by atoms with van der Waals surface area (Å²) in [5.41, 5.74) is -0.656. The molecule has 0 amide bonds. The van der Waals surface area contributed by atoms with Crippen molar-refractivity contribution in [1.29, 1.82) is 0 Å². The average molecular weight is 354 g/mol. The molecule has 7 nitrogen and oxygen atoms in total. The van der Waals surface area contributed by atoms with Gasteiger partial charge < -0.3 is 19.3 Å². The van der Waals surface area contributed by atoms with Gasteiger partial charge in [0.15, 0.2) is 6.61 Å². The molecule has 2 aliphatic rings. The average Bonchev–Trinajstić information content (AvgIpc) is 2.84. The lowest BCUT2D eigenvalue weighted by Gasteiger charge is -2.43. The third-order valence-corrected chi connectivity index (χ3v) is 6.17. The van der Waals surface area contributed by atoms with Crippen LogP contribution in [0, 0.1) is 16.7 Å². The van der Waals surface area contributed by atoms with Crippen LogP contribution in [-0.2, 0) is 28.6 Å². The molecule has 25 heavy (non-hydrogen) atoms. The molecule has 2 aliphatic carbocycles. The Labute approximate surface area is 147 Å². The highest BCUT2D eigenvalue weighted by atomic mass is 16.7. The summed E-state index contributed by atoms with van der Waals surface area (Å²) in [5, 5.41) is 10.9. The molecule has 1 N–H and O–H groups in total. The van der Waals surface area contributed by atoms with E-state index in [1.54, 1.807) is 0 Å². The molecule has 0 aromatic rings. The van der Waals surface area contributed by atoms with Crippen molar-refractivity contribution in [3.05, 3.63) is 12.7 Å². The minimum Gasteiger partial charge on any atom is -0.462 e. The van der Waals surface area contributed by atoms with E-state index in [-0.39, 0.29) is 24.4 Å². The van der Waals surface area contributed by atoms with Gasteiger partial charge in [0.05, 0.1) is 6.42 Å². The molecule has 0 saturated heterocycles. The van der Waals surface area contributed by atoms with E-state index < -0.39 is 35.7 Å². The second-order valence-electron chi connectivity index (χ2n) is 7.53. The van der Waals surface area contributed by atoms with E-state index in [0.717, 1.165) is 18.9 Å². The molecule has 140 valence electrons. The highest BCUT2D eigenvalue weighted by Crippen LogP contribution is 2.69. The zero-order valence-electron chi connectivity index (χ0n) is 15.0. The molecule has 0 spiro atoms. The van der Waals surface area contributed by atoms with Crippen molar-refractivity contribution in [3.63, 3.8) is 0 Å². The van der Waals surface area contributed by atoms with E-state index in [9.17, 15) is 19.5 Å². The van der Waals surface area contributed by atoms with Crippen molar-refractivity contribution in [1.82, 2.24) is 0 Å². The van der Waals surface area contributed by atoms with Crippen molar-refractivity contribution in [2.45, 2.75) is 52.2 Å². The van der Waals surface area contributed by atoms with E-state index in [1.165, 1.54) is 0 Å². The largest absolute Gasteiger partial charge is 0.462 e. The number of carbonyl (C=O) groups excluding carboxylic acids is 3. The van der Waals surface area contributed by atoms with Crippen LogP contribution in [0.4, 0.5) is 0 Å². The normalized spacial score (nSPS) is 32.1. The van der Waals surface area contributed by atoms with Gasteiger partial charge in [0.1, 0.15) is 6.61 Å². The Morgan fingerprint density at radius 2 is 1.88 bits per heavy atom. The maximum atomic E-state index is 12.0. The molecule has 0 heterocycles. The predicted molar refractivity (Wildman–Crippen MR) is 87.0 cm³/mol. The highest BCUT2D eigenvalue weighted by molar-refractivity contribution is 5.81. The summed E-state index contributed by atoms with van der Waals surface area (Å²) in [5.74, 6) is -3.37. The number of hydrogen-bond donors (Lipinski definition) is 1. The summed E-state index contributed by atoms with van der Waals surface area (Å²) < 4.78 is 14.8. The fraction of sp³-hybridized carbons (Fsp3) is 0.722. The van der Waals surface area contributed by atoms with Gasteiger partial charge in [-0.2, -0.15) is 0 Å². The summed E-state index contributed by atoms with van der Waals surface area (Å²) in [6.45, 7) is 8.59. The maximum absolute atomic E-state index is 12.0. The third-order valence-electron chi connectivity index (χ3n) is 6.17. The zero-order chi connectivity index (χ0) is 18.9. The Balaban J connectivity index is 1.80.